The number of aryl methyl sites for hydroxylation is 1. The van der Waals surface area contributed by atoms with E-state index in [1.807, 2.05) is 45.5 Å². The van der Waals surface area contributed by atoms with Crippen LogP contribution in [-0.2, 0) is 12.1 Å². The summed E-state index contributed by atoms with van der Waals surface area (Å²) in [5.41, 5.74) is 2.04. The molecule has 0 saturated heterocycles. The van der Waals surface area contributed by atoms with Crippen LogP contribution in [0.1, 0.15) is 38.0 Å². The smallest absolute Gasteiger partial charge is 0.194 e. The summed E-state index contributed by atoms with van der Waals surface area (Å²) in [7, 11) is 0. The van der Waals surface area contributed by atoms with Crippen LogP contribution < -0.4 is 0 Å². The normalized spacial score (nSPS) is 12.1. The SMILES string of the molecule is Cc1ncn(Cc2nnn(C(C)(C)C)n2)c1C. The molecule has 2 rings (SSSR count). The van der Waals surface area contributed by atoms with E-state index in [-0.39, 0.29) is 5.54 Å². The molecule has 6 nitrogen and oxygen atoms in total. The number of nitrogens with zero attached hydrogens (tertiary/aromatic N) is 6. The van der Waals surface area contributed by atoms with E-state index in [4.69, 9.17) is 0 Å². The average Bonchev–Trinajstić information content (AvgIpc) is 2.80. The van der Waals surface area contributed by atoms with Crippen molar-refractivity contribution in [2.45, 2.75) is 46.7 Å². The lowest BCUT2D eigenvalue weighted by Gasteiger charge is -2.15. The number of imidazole rings is 1. The van der Waals surface area contributed by atoms with Gasteiger partial charge in [-0.2, -0.15) is 4.80 Å². The minimum Gasteiger partial charge on any atom is -0.327 e. The monoisotopic (exact) mass is 234 g/mol. The molecule has 0 unspecified atom stereocenters. The predicted octanol–water partition coefficient (Wildman–Crippen LogP) is 1.29. The first-order valence-corrected chi connectivity index (χ1v) is 5.65. The predicted molar refractivity (Wildman–Crippen MR) is 63.6 cm³/mol. The Balaban J connectivity index is 2.20. The fourth-order valence-corrected chi connectivity index (χ4v) is 1.45. The molecule has 0 atom stereocenters. The summed E-state index contributed by atoms with van der Waals surface area (Å²) in [5.74, 6) is 0.709. The zero-order valence-electron chi connectivity index (χ0n) is 11.0. The Morgan fingerprint density at radius 1 is 1.24 bits per heavy atom. The Morgan fingerprint density at radius 3 is 2.41 bits per heavy atom. The van der Waals surface area contributed by atoms with Gasteiger partial charge in [0.15, 0.2) is 5.82 Å². The van der Waals surface area contributed by atoms with Gasteiger partial charge in [0, 0.05) is 5.69 Å². The second-order valence-corrected chi connectivity index (χ2v) is 5.21. The largest absolute Gasteiger partial charge is 0.327 e. The molecule has 6 heteroatoms. The molecular formula is C11H18N6. The maximum Gasteiger partial charge on any atom is 0.194 e. The molecule has 17 heavy (non-hydrogen) atoms. The summed E-state index contributed by atoms with van der Waals surface area (Å²) in [6.07, 6.45) is 1.81. The first-order chi connectivity index (χ1) is 7.88. The van der Waals surface area contributed by atoms with Crippen LogP contribution in [0.5, 0.6) is 0 Å². The summed E-state index contributed by atoms with van der Waals surface area (Å²) in [4.78, 5) is 5.89. The molecule has 0 fully saturated rings. The molecular weight excluding hydrogens is 216 g/mol. The van der Waals surface area contributed by atoms with Crippen LogP contribution in [0.2, 0.25) is 0 Å². The first-order valence-electron chi connectivity index (χ1n) is 5.65. The maximum absolute atomic E-state index is 4.37. The van der Waals surface area contributed by atoms with Gasteiger partial charge >= 0.3 is 0 Å². The molecule has 0 spiro atoms. The van der Waals surface area contributed by atoms with Crippen molar-refractivity contribution in [3.05, 3.63) is 23.5 Å². The van der Waals surface area contributed by atoms with Crippen molar-refractivity contribution in [3.8, 4) is 0 Å². The van der Waals surface area contributed by atoms with Crippen LogP contribution >= 0.6 is 0 Å². The first kappa shape index (κ1) is 11.8. The second kappa shape index (κ2) is 3.94. The fourth-order valence-electron chi connectivity index (χ4n) is 1.45. The van der Waals surface area contributed by atoms with Crippen molar-refractivity contribution in [2.24, 2.45) is 0 Å². The lowest BCUT2D eigenvalue weighted by atomic mass is 10.1. The molecule has 0 aliphatic carbocycles. The van der Waals surface area contributed by atoms with Gasteiger partial charge in [-0.15, -0.1) is 10.2 Å². The number of rotatable bonds is 2. The van der Waals surface area contributed by atoms with E-state index in [0.717, 1.165) is 11.4 Å². The Bertz CT molecular complexity index is 516. The standard InChI is InChI=1S/C11H18N6/c1-8-9(2)16(7-12-8)6-10-13-15-17(14-10)11(3,4)5/h7H,6H2,1-5H3. The molecule has 0 aromatic carbocycles. The highest BCUT2D eigenvalue weighted by Gasteiger charge is 2.17. The summed E-state index contributed by atoms with van der Waals surface area (Å²) < 4.78 is 2.03. The van der Waals surface area contributed by atoms with E-state index < -0.39 is 0 Å². The van der Waals surface area contributed by atoms with Crippen LogP contribution in [0.4, 0.5) is 0 Å². The van der Waals surface area contributed by atoms with Gasteiger partial charge in [-0.3, -0.25) is 0 Å². The maximum atomic E-state index is 4.37. The molecule has 0 aliphatic rings. The lowest BCUT2D eigenvalue weighted by Crippen LogP contribution is -2.24. The highest BCUT2D eigenvalue weighted by Crippen LogP contribution is 2.10. The van der Waals surface area contributed by atoms with E-state index in [1.165, 1.54) is 0 Å². The number of hydrogen-bond acceptors (Lipinski definition) is 4. The van der Waals surface area contributed by atoms with Gasteiger partial charge in [0.2, 0.25) is 0 Å². The molecule has 0 N–H and O–H groups in total. The van der Waals surface area contributed by atoms with Gasteiger partial charge in [-0.05, 0) is 39.8 Å². The van der Waals surface area contributed by atoms with E-state index in [0.29, 0.717) is 12.4 Å². The second-order valence-electron chi connectivity index (χ2n) is 5.21. The number of aromatic nitrogens is 6. The molecule has 2 heterocycles. The topological polar surface area (TPSA) is 61.4 Å². The molecule has 0 radical (unpaired) electrons. The molecule has 2 aromatic heterocycles. The van der Waals surface area contributed by atoms with Crippen molar-refractivity contribution in [3.63, 3.8) is 0 Å². The zero-order chi connectivity index (χ0) is 12.6. The van der Waals surface area contributed by atoms with Crippen molar-refractivity contribution in [2.75, 3.05) is 0 Å². The van der Waals surface area contributed by atoms with Crippen LogP contribution in [0.25, 0.3) is 0 Å². The fraction of sp³-hybridized carbons (Fsp3) is 0.636. The molecule has 0 amide bonds. The number of tetrazole rings is 1. The van der Waals surface area contributed by atoms with Crippen molar-refractivity contribution >= 4 is 0 Å². The highest BCUT2D eigenvalue weighted by molar-refractivity contribution is 5.09. The highest BCUT2D eigenvalue weighted by atomic mass is 15.6. The summed E-state index contributed by atoms with van der Waals surface area (Å²) in [6.45, 7) is 10.8. The average molecular weight is 234 g/mol. The Kier molecular flexibility index (Phi) is 2.73. The van der Waals surface area contributed by atoms with Gasteiger partial charge in [0.05, 0.1) is 24.1 Å². The Morgan fingerprint density at radius 2 is 1.94 bits per heavy atom. The van der Waals surface area contributed by atoms with Gasteiger partial charge in [-0.1, -0.05) is 0 Å². The van der Waals surface area contributed by atoms with Crippen LogP contribution in [0.3, 0.4) is 0 Å². The van der Waals surface area contributed by atoms with Crippen molar-refractivity contribution in [1.29, 1.82) is 0 Å². The van der Waals surface area contributed by atoms with E-state index >= 15 is 0 Å². The van der Waals surface area contributed by atoms with Crippen LogP contribution in [0.15, 0.2) is 6.33 Å². The molecule has 0 saturated carbocycles. The lowest BCUT2D eigenvalue weighted by molar-refractivity contribution is 0.305. The minimum atomic E-state index is -0.134. The summed E-state index contributed by atoms with van der Waals surface area (Å²) in [6, 6.07) is 0. The van der Waals surface area contributed by atoms with Crippen LogP contribution in [-0.4, -0.2) is 29.8 Å². The Labute approximate surface area is 101 Å². The third-order valence-corrected chi connectivity index (χ3v) is 2.71. The van der Waals surface area contributed by atoms with E-state index in [1.54, 1.807) is 4.80 Å². The Hall–Kier alpha value is -1.72. The van der Waals surface area contributed by atoms with Crippen LogP contribution in [0, 0.1) is 13.8 Å². The molecule has 92 valence electrons. The molecule has 0 aliphatic heterocycles. The molecule has 0 bridgehead atoms. The van der Waals surface area contributed by atoms with Gasteiger partial charge in [0.25, 0.3) is 0 Å². The minimum absolute atomic E-state index is 0.134. The van der Waals surface area contributed by atoms with E-state index in [2.05, 4.69) is 20.4 Å². The zero-order valence-corrected chi connectivity index (χ0v) is 11.0. The third-order valence-electron chi connectivity index (χ3n) is 2.71. The quantitative estimate of drug-likeness (QED) is 0.785. The third kappa shape index (κ3) is 2.35. The van der Waals surface area contributed by atoms with Gasteiger partial charge < -0.3 is 4.57 Å². The van der Waals surface area contributed by atoms with Crippen molar-refractivity contribution in [1.82, 2.24) is 29.8 Å². The van der Waals surface area contributed by atoms with E-state index in [9.17, 15) is 0 Å². The number of hydrogen-bond donors (Lipinski definition) is 0. The van der Waals surface area contributed by atoms with Gasteiger partial charge in [-0.25, -0.2) is 4.98 Å². The summed E-state index contributed by atoms with van der Waals surface area (Å²) in [5, 5.41) is 12.5. The molecule has 2 aromatic rings. The van der Waals surface area contributed by atoms with Gasteiger partial charge in [0.1, 0.15) is 0 Å². The summed E-state index contributed by atoms with van der Waals surface area (Å²) >= 11 is 0. The van der Waals surface area contributed by atoms with Crippen molar-refractivity contribution < 1.29 is 0 Å².